The molecule has 0 spiro atoms. The summed E-state index contributed by atoms with van der Waals surface area (Å²) in [5.74, 6) is 0.629. The van der Waals surface area contributed by atoms with E-state index in [1.54, 1.807) is 0 Å². The van der Waals surface area contributed by atoms with E-state index in [2.05, 4.69) is 52.1 Å². The molecule has 1 aliphatic rings. The predicted octanol–water partition coefficient (Wildman–Crippen LogP) is 4.67. The summed E-state index contributed by atoms with van der Waals surface area (Å²) in [6, 6.07) is 8.57. The molecular weight excluding hydrogens is 242 g/mol. The predicted molar refractivity (Wildman–Crippen MR) is 78.9 cm³/mol. The lowest BCUT2D eigenvalue weighted by Crippen LogP contribution is -2.25. The van der Waals surface area contributed by atoms with Gasteiger partial charge in [0.05, 0.1) is 0 Å². The third kappa shape index (κ3) is 1.98. The molecule has 0 aliphatic heterocycles. The summed E-state index contributed by atoms with van der Waals surface area (Å²) in [5.41, 5.74) is 1.96. The molecule has 0 radical (unpaired) electrons. The van der Waals surface area contributed by atoms with Crippen LogP contribution in [0.3, 0.4) is 0 Å². The molecule has 2 heteroatoms. The first-order chi connectivity index (χ1) is 8.34. The first-order valence-electron chi connectivity index (χ1n) is 6.82. The number of hydrogen-bond donors (Lipinski definition) is 1. The average molecular weight is 266 g/mol. The first kappa shape index (κ1) is 13.9. The van der Waals surface area contributed by atoms with Crippen LogP contribution in [0.2, 0.25) is 5.02 Å². The van der Waals surface area contributed by atoms with Gasteiger partial charge in [0.25, 0.3) is 0 Å². The molecule has 1 aliphatic carbocycles. The van der Waals surface area contributed by atoms with E-state index in [1.807, 2.05) is 12.1 Å². The van der Waals surface area contributed by atoms with E-state index in [0.29, 0.717) is 22.8 Å². The highest BCUT2D eigenvalue weighted by Gasteiger charge is 2.67. The number of rotatable bonds is 4. The van der Waals surface area contributed by atoms with E-state index in [9.17, 15) is 0 Å². The van der Waals surface area contributed by atoms with Crippen LogP contribution in [0.5, 0.6) is 0 Å². The second kappa shape index (κ2) is 4.54. The van der Waals surface area contributed by atoms with Crippen molar-refractivity contribution in [3.63, 3.8) is 0 Å². The highest BCUT2D eigenvalue weighted by molar-refractivity contribution is 6.31. The van der Waals surface area contributed by atoms with Crippen LogP contribution in [0.25, 0.3) is 0 Å². The molecule has 0 aromatic heterocycles. The zero-order chi connectivity index (χ0) is 13.6. The molecule has 2 rings (SSSR count). The highest BCUT2D eigenvalue weighted by Crippen LogP contribution is 2.72. The Morgan fingerprint density at radius 3 is 2.17 bits per heavy atom. The largest absolute Gasteiger partial charge is 0.310 e. The molecule has 1 unspecified atom stereocenters. The second-order valence-corrected chi connectivity index (χ2v) is 6.89. The van der Waals surface area contributed by atoms with Gasteiger partial charge in [-0.3, -0.25) is 0 Å². The smallest absolute Gasteiger partial charge is 0.0453 e. The van der Waals surface area contributed by atoms with Gasteiger partial charge in [-0.2, -0.15) is 0 Å². The summed E-state index contributed by atoms with van der Waals surface area (Å²) in [4.78, 5) is 0. The molecule has 0 bridgehead atoms. The molecule has 0 saturated heterocycles. The molecule has 1 N–H and O–H groups in total. The molecule has 18 heavy (non-hydrogen) atoms. The van der Waals surface area contributed by atoms with E-state index < -0.39 is 0 Å². The Labute approximate surface area is 116 Å². The fourth-order valence-electron chi connectivity index (χ4n) is 3.44. The van der Waals surface area contributed by atoms with Crippen molar-refractivity contribution >= 4 is 11.6 Å². The first-order valence-corrected chi connectivity index (χ1v) is 7.19. The molecule has 0 amide bonds. The minimum atomic E-state index is 0.355. The lowest BCUT2D eigenvalue weighted by atomic mass is 9.96. The van der Waals surface area contributed by atoms with Crippen LogP contribution in [-0.2, 0) is 0 Å². The van der Waals surface area contributed by atoms with Crippen LogP contribution in [0, 0.1) is 16.7 Å². The zero-order valence-electron chi connectivity index (χ0n) is 12.0. The summed E-state index contributed by atoms with van der Waals surface area (Å²) >= 11 is 6.37. The summed E-state index contributed by atoms with van der Waals surface area (Å²) in [6.45, 7) is 12.6. The lowest BCUT2D eigenvalue weighted by molar-refractivity contribution is 0.418. The monoisotopic (exact) mass is 265 g/mol. The maximum atomic E-state index is 6.37. The third-order valence-corrected chi connectivity index (χ3v) is 5.47. The van der Waals surface area contributed by atoms with Crippen molar-refractivity contribution in [1.29, 1.82) is 0 Å². The van der Waals surface area contributed by atoms with Crippen LogP contribution >= 0.6 is 11.6 Å². The van der Waals surface area contributed by atoms with Gasteiger partial charge in [-0.05, 0) is 34.9 Å². The molecule has 1 fully saturated rings. The Morgan fingerprint density at radius 1 is 1.17 bits per heavy atom. The van der Waals surface area contributed by atoms with Crippen LogP contribution < -0.4 is 5.32 Å². The Bertz CT molecular complexity index is 422. The van der Waals surface area contributed by atoms with Gasteiger partial charge < -0.3 is 5.32 Å². The number of benzene rings is 1. The maximum absolute atomic E-state index is 6.37. The average Bonchev–Trinajstić information content (AvgIpc) is 2.68. The minimum Gasteiger partial charge on any atom is -0.310 e. The summed E-state index contributed by atoms with van der Waals surface area (Å²) < 4.78 is 0. The molecule has 1 nitrogen and oxygen atoms in total. The van der Waals surface area contributed by atoms with Gasteiger partial charge in [-0.15, -0.1) is 0 Å². The van der Waals surface area contributed by atoms with Crippen LogP contribution in [0.15, 0.2) is 24.3 Å². The molecular formula is C16H24ClN. The van der Waals surface area contributed by atoms with Crippen molar-refractivity contribution in [3.05, 3.63) is 34.9 Å². The molecule has 1 aromatic rings. The maximum Gasteiger partial charge on any atom is 0.0453 e. The molecule has 1 atom stereocenters. The van der Waals surface area contributed by atoms with Crippen LogP contribution in [0.1, 0.15) is 46.2 Å². The topological polar surface area (TPSA) is 12.0 Å². The van der Waals surface area contributed by atoms with Crippen molar-refractivity contribution in [3.8, 4) is 0 Å². The fraction of sp³-hybridized carbons (Fsp3) is 0.625. The summed E-state index contributed by atoms with van der Waals surface area (Å²) in [6.07, 6.45) is 0. The fourth-order valence-corrected chi connectivity index (χ4v) is 3.69. The summed E-state index contributed by atoms with van der Waals surface area (Å²) in [5, 5.41) is 4.51. The van der Waals surface area contributed by atoms with E-state index in [1.165, 1.54) is 5.56 Å². The van der Waals surface area contributed by atoms with E-state index >= 15 is 0 Å². The van der Waals surface area contributed by atoms with Crippen molar-refractivity contribution in [1.82, 2.24) is 5.32 Å². The van der Waals surface area contributed by atoms with E-state index in [4.69, 9.17) is 11.6 Å². The summed E-state index contributed by atoms with van der Waals surface area (Å²) in [7, 11) is 0. The van der Waals surface area contributed by atoms with Gasteiger partial charge in [0.1, 0.15) is 0 Å². The van der Waals surface area contributed by atoms with Gasteiger partial charge in [0.2, 0.25) is 0 Å². The third-order valence-electron chi connectivity index (χ3n) is 5.13. The number of halogens is 1. The normalized spacial score (nSPS) is 22.8. The van der Waals surface area contributed by atoms with Gasteiger partial charge in [-0.1, -0.05) is 64.4 Å². The molecule has 0 heterocycles. The lowest BCUT2D eigenvalue weighted by Gasteiger charge is -2.22. The number of nitrogens with one attached hydrogen (secondary N) is 1. The number of hydrogen-bond acceptors (Lipinski definition) is 1. The van der Waals surface area contributed by atoms with Crippen LogP contribution in [-0.4, -0.2) is 6.54 Å². The zero-order valence-corrected chi connectivity index (χ0v) is 12.8. The molecule has 1 aromatic carbocycles. The Balaban J connectivity index is 2.35. The van der Waals surface area contributed by atoms with Gasteiger partial charge >= 0.3 is 0 Å². The quantitative estimate of drug-likeness (QED) is 0.834. The van der Waals surface area contributed by atoms with Crippen molar-refractivity contribution in [2.45, 2.75) is 40.7 Å². The minimum absolute atomic E-state index is 0.355. The molecule has 1 saturated carbocycles. The van der Waals surface area contributed by atoms with Gasteiger partial charge in [0, 0.05) is 11.1 Å². The van der Waals surface area contributed by atoms with Gasteiger partial charge in [-0.25, -0.2) is 0 Å². The van der Waals surface area contributed by atoms with E-state index in [0.717, 1.165) is 11.6 Å². The SMILES string of the molecule is CCNC(c1ccccc1Cl)C1C(C)(C)C1(C)C. The highest BCUT2D eigenvalue weighted by atomic mass is 35.5. The van der Waals surface area contributed by atoms with E-state index in [-0.39, 0.29) is 0 Å². The van der Waals surface area contributed by atoms with Crippen LogP contribution in [0.4, 0.5) is 0 Å². The Kier molecular flexibility index (Phi) is 3.50. The Hall–Kier alpha value is -0.530. The van der Waals surface area contributed by atoms with Crippen molar-refractivity contribution in [2.75, 3.05) is 6.54 Å². The Morgan fingerprint density at radius 2 is 1.72 bits per heavy atom. The van der Waals surface area contributed by atoms with Gasteiger partial charge in [0.15, 0.2) is 0 Å². The molecule has 100 valence electrons. The van der Waals surface area contributed by atoms with Crippen molar-refractivity contribution in [2.24, 2.45) is 16.7 Å². The standard InChI is InChI=1S/C16H24ClN/c1-6-18-13(11-9-7-8-10-12(11)17)14-15(2,3)16(14,4)5/h7-10,13-14,18H,6H2,1-5H3. The van der Waals surface area contributed by atoms with Crippen molar-refractivity contribution < 1.29 is 0 Å². The second-order valence-electron chi connectivity index (χ2n) is 6.48.